The first-order chi connectivity index (χ1) is 13.8. The zero-order valence-electron chi connectivity index (χ0n) is 15.4. The number of hydrogen-bond donors (Lipinski definition) is 7. The van der Waals surface area contributed by atoms with Gasteiger partial charge in [-0.25, -0.2) is 9.78 Å². The number of aliphatic hydroxyl groups excluding tert-OH is 2. The summed E-state index contributed by atoms with van der Waals surface area (Å²) in [7, 11) is 0. The van der Waals surface area contributed by atoms with Crippen LogP contribution in [0.1, 0.15) is 13.2 Å². The number of nitrogens with zero attached hydrogens (tertiary/aromatic N) is 4. The Morgan fingerprint density at radius 2 is 2.00 bits per heavy atom. The minimum atomic E-state index is -1.44. The van der Waals surface area contributed by atoms with Crippen LogP contribution in [0.15, 0.2) is 6.33 Å². The van der Waals surface area contributed by atoms with Crippen LogP contribution < -0.4 is 21.7 Å². The van der Waals surface area contributed by atoms with Crippen molar-refractivity contribution in [1.82, 2.24) is 30.2 Å². The van der Waals surface area contributed by atoms with Crippen molar-refractivity contribution < 1.29 is 29.6 Å². The van der Waals surface area contributed by atoms with Gasteiger partial charge in [0.25, 0.3) is 5.91 Å². The van der Waals surface area contributed by atoms with Crippen LogP contribution in [-0.4, -0.2) is 84.8 Å². The van der Waals surface area contributed by atoms with E-state index in [0.717, 1.165) is 0 Å². The van der Waals surface area contributed by atoms with Gasteiger partial charge in [-0.2, -0.15) is 9.97 Å². The Morgan fingerprint density at radius 3 is 2.69 bits per heavy atom. The molecule has 1 saturated heterocycles. The molecule has 1 aliphatic heterocycles. The predicted molar refractivity (Wildman–Crippen MR) is 98.9 cm³/mol. The second kappa shape index (κ2) is 8.42. The van der Waals surface area contributed by atoms with Crippen molar-refractivity contribution >= 4 is 34.9 Å². The maximum Gasteiger partial charge on any atom is 0.404 e. The number of nitrogens with two attached hydrogens (primary N) is 1. The lowest BCUT2D eigenvalue weighted by atomic mass is 10.1. The number of imidazole rings is 1. The molecule has 1 fully saturated rings. The Hall–Kier alpha value is -3.23. The smallest absolute Gasteiger partial charge is 0.404 e. The first kappa shape index (κ1) is 20.5. The molecule has 0 aliphatic carbocycles. The molecule has 0 saturated carbocycles. The Labute approximate surface area is 164 Å². The lowest BCUT2D eigenvalue weighted by Crippen LogP contribution is -2.42. The number of carbonyl (C=O) groups excluding carboxylic acids is 1. The molecule has 8 N–H and O–H groups in total. The Kier molecular flexibility index (Phi) is 5.95. The van der Waals surface area contributed by atoms with Gasteiger partial charge in [0.2, 0.25) is 5.95 Å². The van der Waals surface area contributed by atoms with Crippen molar-refractivity contribution in [3.8, 4) is 0 Å². The van der Waals surface area contributed by atoms with Crippen LogP contribution in [0.25, 0.3) is 11.2 Å². The highest BCUT2D eigenvalue weighted by atomic mass is 16.6. The lowest BCUT2D eigenvalue weighted by molar-refractivity contribution is -0.137. The van der Waals surface area contributed by atoms with E-state index in [9.17, 15) is 19.8 Å². The van der Waals surface area contributed by atoms with E-state index in [1.165, 1.54) is 10.9 Å². The van der Waals surface area contributed by atoms with E-state index >= 15 is 0 Å². The number of nitrogen functional groups attached to an aromatic ring is 1. The summed E-state index contributed by atoms with van der Waals surface area (Å²) in [6, 6.07) is 0. The van der Waals surface area contributed by atoms with Crippen LogP contribution >= 0.6 is 0 Å². The molecule has 14 heteroatoms. The number of fused-ring (bicyclic) bond motifs is 1. The molecule has 29 heavy (non-hydrogen) atoms. The number of rotatable bonds is 7. The Balaban J connectivity index is 1.84. The molecule has 2 aromatic rings. The number of nitrogens with one attached hydrogen (secondary N) is 3. The molecule has 0 bridgehead atoms. The van der Waals surface area contributed by atoms with E-state index in [-0.39, 0.29) is 36.0 Å². The van der Waals surface area contributed by atoms with E-state index < -0.39 is 36.5 Å². The number of ether oxygens (including phenoxy) is 1. The zero-order valence-corrected chi connectivity index (χ0v) is 15.4. The molecule has 0 spiro atoms. The van der Waals surface area contributed by atoms with E-state index in [1.54, 1.807) is 6.92 Å². The number of aliphatic hydroxyl groups is 2. The monoisotopic (exact) mass is 410 g/mol. The molecule has 2 aromatic heterocycles. The van der Waals surface area contributed by atoms with E-state index in [1.807, 2.05) is 0 Å². The standard InChI is InChI=1S/C15H22N8O6/c1-2-17-12(26)9-7(24)8(25)13(29-9)23-5-20-6-10(16)21-14(22-11(6)23)18-3-4-19-15(27)28/h5,7-9,13,19,24-25H,2-4H2,1H3,(H,17,26)(H,27,28)(H3,16,18,21,22)/t7-,8+,9-,13+/m0/s1. The van der Waals surface area contributed by atoms with Crippen molar-refractivity contribution in [2.75, 3.05) is 30.7 Å². The maximum atomic E-state index is 12.0. The first-order valence-electron chi connectivity index (χ1n) is 8.83. The first-order valence-corrected chi connectivity index (χ1v) is 8.83. The number of aromatic nitrogens is 4. The highest BCUT2D eigenvalue weighted by Crippen LogP contribution is 2.32. The molecule has 0 unspecified atom stereocenters. The van der Waals surface area contributed by atoms with Gasteiger partial charge in [0.1, 0.15) is 17.7 Å². The molecule has 158 valence electrons. The molecule has 14 nitrogen and oxygen atoms in total. The van der Waals surface area contributed by atoms with Gasteiger partial charge in [0.15, 0.2) is 23.8 Å². The number of carboxylic acid groups (broad SMARTS) is 1. The van der Waals surface area contributed by atoms with Crippen LogP contribution in [-0.2, 0) is 9.53 Å². The molecule has 4 atom stereocenters. The van der Waals surface area contributed by atoms with Crippen LogP contribution in [0.3, 0.4) is 0 Å². The van der Waals surface area contributed by atoms with Gasteiger partial charge in [-0.1, -0.05) is 0 Å². The highest BCUT2D eigenvalue weighted by Gasteiger charge is 2.47. The van der Waals surface area contributed by atoms with E-state index in [0.29, 0.717) is 6.54 Å². The number of amides is 2. The lowest BCUT2D eigenvalue weighted by Gasteiger charge is -2.16. The fraction of sp³-hybridized carbons (Fsp3) is 0.533. The highest BCUT2D eigenvalue weighted by molar-refractivity contribution is 5.83. The summed E-state index contributed by atoms with van der Waals surface area (Å²) in [6.07, 6.45) is -5.08. The number of likely N-dealkylation sites (N-methyl/N-ethyl adjacent to an activating group) is 1. The normalized spacial score (nSPS) is 23.8. The number of anilines is 2. The second-order valence-electron chi connectivity index (χ2n) is 6.24. The molecule has 1 aliphatic rings. The summed E-state index contributed by atoms with van der Waals surface area (Å²) < 4.78 is 6.92. The molecule has 3 heterocycles. The fourth-order valence-electron chi connectivity index (χ4n) is 2.93. The number of hydrogen-bond acceptors (Lipinski definition) is 10. The molecule has 0 radical (unpaired) electrons. The zero-order chi connectivity index (χ0) is 21.1. The van der Waals surface area contributed by atoms with Gasteiger partial charge >= 0.3 is 6.09 Å². The van der Waals surface area contributed by atoms with E-state index in [4.69, 9.17) is 15.6 Å². The van der Waals surface area contributed by atoms with Gasteiger partial charge in [0.05, 0.1) is 6.33 Å². The quantitative estimate of drug-likeness (QED) is 0.244. The van der Waals surface area contributed by atoms with Crippen molar-refractivity contribution in [2.45, 2.75) is 31.5 Å². The number of carbonyl (C=O) groups is 2. The van der Waals surface area contributed by atoms with Crippen LogP contribution in [0.4, 0.5) is 16.6 Å². The molecule has 2 amide bonds. The van der Waals surface area contributed by atoms with Crippen LogP contribution in [0.5, 0.6) is 0 Å². The summed E-state index contributed by atoms with van der Waals surface area (Å²) in [5, 5.41) is 36.7. The van der Waals surface area contributed by atoms with Crippen molar-refractivity contribution in [3.05, 3.63) is 6.33 Å². The van der Waals surface area contributed by atoms with Gasteiger partial charge in [-0.15, -0.1) is 0 Å². The van der Waals surface area contributed by atoms with Crippen LogP contribution in [0.2, 0.25) is 0 Å². The summed E-state index contributed by atoms with van der Waals surface area (Å²) >= 11 is 0. The third-order valence-electron chi connectivity index (χ3n) is 4.25. The average molecular weight is 410 g/mol. The summed E-state index contributed by atoms with van der Waals surface area (Å²) in [6.45, 7) is 2.37. The summed E-state index contributed by atoms with van der Waals surface area (Å²) in [5.74, 6) is -0.388. The molecule has 0 aromatic carbocycles. The molecule has 3 rings (SSSR count). The minimum absolute atomic E-state index is 0.0516. The largest absolute Gasteiger partial charge is 0.465 e. The van der Waals surface area contributed by atoms with Gasteiger partial charge < -0.3 is 41.7 Å². The van der Waals surface area contributed by atoms with Gasteiger partial charge in [-0.05, 0) is 6.92 Å². The maximum absolute atomic E-state index is 12.0. The summed E-state index contributed by atoms with van der Waals surface area (Å²) in [5.41, 5.74) is 6.35. The third-order valence-corrected chi connectivity index (χ3v) is 4.25. The Bertz CT molecular complexity index is 904. The van der Waals surface area contributed by atoms with Crippen molar-refractivity contribution in [1.29, 1.82) is 0 Å². The van der Waals surface area contributed by atoms with Gasteiger partial charge in [-0.3, -0.25) is 9.36 Å². The Morgan fingerprint density at radius 1 is 1.24 bits per heavy atom. The SMILES string of the molecule is CCNC(=O)[C@H]1O[C@@H](n2cnc3c(N)nc(NCCNC(=O)O)nc32)[C@H](O)[C@@H]1O. The average Bonchev–Trinajstić information content (AvgIpc) is 3.21. The molecular weight excluding hydrogens is 388 g/mol. The topological polar surface area (TPSA) is 210 Å². The van der Waals surface area contributed by atoms with Crippen LogP contribution in [0, 0.1) is 0 Å². The van der Waals surface area contributed by atoms with Crippen molar-refractivity contribution in [3.63, 3.8) is 0 Å². The fourth-order valence-corrected chi connectivity index (χ4v) is 2.93. The second-order valence-corrected chi connectivity index (χ2v) is 6.24. The minimum Gasteiger partial charge on any atom is -0.465 e. The van der Waals surface area contributed by atoms with Crippen molar-refractivity contribution in [2.24, 2.45) is 0 Å². The predicted octanol–water partition coefficient (Wildman–Crippen LogP) is -2.16. The van der Waals surface area contributed by atoms with Gasteiger partial charge in [0, 0.05) is 19.6 Å². The van der Waals surface area contributed by atoms with E-state index in [2.05, 4.69) is 30.9 Å². The summed E-state index contributed by atoms with van der Waals surface area (Å²) in [4.78, 5) is 35.0. The molecular formula is C15H22N8O6. The third kappa shape index (κ3) is 4.13.